The van der Waals surface area contributed by atoms with E-state index in [4.69, 9.17) is 14.2 Å². The molecule has 0 bridgehead atoms. The minimum Gasteiger partial charge on any atom is -0.494 e. The number of hydrazine groups is 1. The number of anilines is 2. The van der Waals surface area contributed by atoms with E-state index < -0.39 is 0 Å². The Morgan fingerprint density at radius 1 is 0.677 bits per heavy atom. The lowest BCUT2D eigenvalue weighted by atomic mass is 10.2. The van der Waals surface area contributed by atoms with Crippen molar-refractivity contribution < 1.29 is 14.2 Å². The number of aromatic nitrogens is 2. The van der Waals surface area contributed by atoms with Crippen LogP contribution in [-0.4, -0.2) is 17.1 Å². The summed E-state index contributed by atoms with van der Waals surface area (Å²) in [6.07, 6.45) is 3.38. The van der Waals surface area contributed by atoms with Crippen molar-refractivity contribution >= 4 is 11.4 Å². The van der Waals surface area contributed by atoms with Gasteiger partial charge in [-0.15, -0.1) is 0 Å². The van der Waals surface area contributed by atoms with Crippen LogP contribution in [-0.2, 0) is 0 Å². The lowest BCUT2D eigenvalue weighted by Gasteiger charge is -2.16. The zero-order valence-electron chi connectivity index (χ0n) is 17.2. The smallest absolute Gasteiger partial charge is 0.219 e. The van der Waals surface area contributed by atoms with Crippen LogP contribution in [0.3, 0.4) is 0 Å². The maximum absolute atomic E-state index is 5.78. The van der Waals surface area contributed by atoms with E-state index in [0.29, 0.717) is 23.3 Å². The summed E-state index contributed by atoms with van der Waals surface area (Å²) in [5, 5.41) is 0. The normalized spacial score (nSPS) is 10.3. The highest BCUT2D eigenvalue weighted by molar-refractivity contribution is 5.64. The van der Waals surface area contributed by atoms with Gasteiger partial charge >= 0.3 is 0 Å². The number of pyridine rings is 2. The van der Waals surface area contributed by atoms with Crippen molar-refractivity contribution in [2.75, 3.05) is 18.0 Å². The van der Waals surface area contributed by atoms with Crippen LogP contribution in [0.2, 0.25) is 0 Å². The molecule has 0 aliphatic heterocycles. The highest BCUT2D eigenvalue weighted by Crippen LogP contribution is 2.32. The molecule has 0 unspecified atom stereocenters. The summed E-state index contributed by atoms with van der Waals surface area (Å²) in [5.74, 6) is 3.06. The number of aryl methyl sites for hydroxylation is 1. The molecule has 0 atom stereocenters. The average Bonchev–Trinajstić information content (AvgIpc) is 2.80. The molecule has 0 saturated carbocycles. The average molecular weight is 414 g/mol. The van der Waals surface area contributed by atoms with E-state index in [-0.39, 0.29) is 0 Å². The quantitative estimate of drug-likeness (QED) is 0.352. The molecule has 0 aliphatic rings. The van der Waals surface area contributed by atoms with Crippen LogP contribution >= 0.6 is 0 Å². The number of nitrogens with one attached hydrogen (secondary N) is 2. The van der Waals surface area contributed by atoms with Crippen LogP contribution in [0.4, 0.5) is 11.4 Å². The molecule has 0 spiro atoms. The second-order valence-corrected chi connectivity index (χ2v) is 6.63. The number of nitrogens with zero attached hydrogens (tertiary/aromatic N) is 2. The molecule has 0 amide bonds. The van der Waals surface area contributed by atoms with E-state index in [2.05, 4.69) is 20.8 Å². The van der Waals surface area contributed by atoms with Gasteiger partial charge in [0.1, 0.15) is 17.2 Å². The molecule has 4 rings (SSSR count). The summed E-state index contributed by atoms with van der Waals surface area (Å²) in [7, 11) is 1.61. The number of rotatable bonds is 8. The van der Waals surface area contributed by atoms with Crippen LogP contribution in [0.1, 0.15) is 5.56 Å². The highest BCUT2D eigenvalue weighted by atomic mass is 16.5. The number of hydrogen-bond acceptors (Lipinski definition) is 7. The molecule has 2 aromatic carbocycles. The van der Waals surface area contributed by atoms with Crippen LogP contribution in [0.5, 0.6) is 29.0 Å². The molecular formula is C24H22N4O3. The zero-order valence-corrected chi connectivity index (χ0v) is 17.2. The Morgan fingerprint density at radius 2 is 1.26 bits per heavy atom. The third kappa shape index (κ3) is 5.22. The monoisotopic (exact) mass is 414 g/mol. The summed E-state index contributed by atoms with van der Waals surface area (Å²) in [6.45, 7) is 2.00. The zero-order chi connectivity index (χ0) is 21.5. The first-order valence-corrected chi connectivity index (χ1v) is 9.70. The first-order chi connectivity index (χ1) is 15.2. The van der Waals surface area contributed by atoms with Gasteiger partial charge in [-0.1, -0.05) is 12.1 Å². The van der Waals surface area contributed by atoms with Gasteiger partial charge in [0.2, 0.25) is 11.8 Å². The van der Waals surface area contributed by atoms with E-state index in [0.717, 1.165) is 22.7 Å². The minimum atomic E-state index is 0.520. The Morgan fingerprint density at radius 3 is 1.81 bits per heavy atom. The van der Waals surface area contributed by atoms with Gasteiger partial charge in [0, 0.05) is 30.6 Å². The molecule has 2 N–H and O–H groups in total. The predicted molar refractivity (Wildman–Crippen MR) is 120 cm³/mol. The van der Waals surface area contributed by atoms with Gasteiger partial charge in [0.05, 0.1) is 18.5 Å². The molecule has 0 fully saturated rings. The van der Waals surface area contributed by atoms with Gasteiger partial charge in [-0.05, 0) is 55.0 Å². The topological polar surface area (TPSA) is 77.5 Å². The number of methoxy groups -OCH3 is 1. The summed E-state index contributed by atoms with van der Waals surface area (Å²) in [6, 6.07) is 22.3. The first-order valence-electron chi connectivity index (χ1n) is 9.70. The van der Waals surface area contributed by atoms with Gasteiger partial charge in [0.25, 0.3) is 0 Å². The third-order valence-corrected chi connectivity index (χ3v) is 4.42. The fourth-order valence-electron chi connectivity index (χ4n) is 2.87. The molecule has 31 heavy (non-hydrogen) atoms. The Bertz CT molecular complexity index is 1140. The SMILES string of the molecule is COc1cc(Oc2ccccn2)ccc1NNc1ccc(Oc2ccccn2)cc1C. The van der Waals surface area contributed by atoms with E-state index >= 15 is 0 Å². The second-order valence-electron chi connectivity index (χ2n) is 6.63. The van der Waals surface area contributed by atoms with Gasteiger partial charge in [-0.2, -0.15) is 0 Å². The molecule has 156 valence electrons. The van der Waals surface area contributed by atoms with E-state index in [1.807, 2.05) is 67.6 Å². The highest BCUT2D eigenvalue weighted by Gasteiger charge is 2.08. The molecule has 7 heteroatoms. The maximum atomic E-state index is 5.78. The summed E-state index contributed by atoms with van der Waals surface area (Å²) in [4.78, 5) is 8.34. The molecule has 2 aromatic heterocycles. The largest absolute Gasteiger partial charge is 0.494 e. The summed E-state index contributed by atoms with van der Waals surface area (Å²) in [5.41, 5.74) is 9.08. The number of hydrogen-bond donors (Lipinski definition) is 2. The third-order valence-electron chi connectivity index (χ3n) is 4.42. The lowest BCUT2D eigenvalue weighted by molar-refractivity contribution is 0.409. The molecule has 0 radical (unpaired) electrons. The Kier molecular flexibility index (Phi) is 6.13. The number of benzene rings is 2. The van der Waals surface area contributed by atoms with Crippen molar-refractivity contribution in [3.63, 3.8) is 0 Å². The predicted octanol–water partition coefficient (Wildman–Crippen LogP) is 5.82. The van der Waals surface area contributed by atoms with Crippen molar-refractivity contribution in [2.24, 2.45) is 0 Å². The van der Waals surface area contributed by atoms with Crippen molar-refractivity contribution in [2.45, 2.75) is 6.92 Å². The Labute approximate surface area is 180 Å². The van der Waals surface area contributed by atoms with E-state index in [1.165, 1.54) is 0 Å². The summed E-state index contributed by atoms with van der Waals surface area (Å²) >= 11 is 0. The first kappa shape index (κ1) is 20.0. The van der Waals surface area contributed by atoms with Crippen LogP contribution in [0.15, 0.2) is 85.2 Å². The van der Waals surface area contributed by atoms with Gasteiger partial charge in [-0.3, -0.25) is 5.43 Å². The van der Waals surface area contributed by atoms with Crippen molar-refractivity contribution in [3.8, 4) is 29.0 Å². The van der Waals surface area contributed by atoms with Gasteiger partial charge in [-0.25, -0.2) is 9.97 Å². The maximum Gasteiger partial charge on any atom is 0.219 e. The standard InChI is InChI=1S/C24H22N4O3/c1-17-15-18(30-23-7-3-5-13-25-23)9-11-20(17)27-28-21-12-10-19(16-22(21)29-2)31-24-8-4-6-14-26-24/h3-16,27-28H,1-2H3. The number of ether oxygens (including phenoxy) is 3. The molecule has 4 aromatic rings. The van der Waals surface area contributed by atoms with Gasteiger partial charge < -0.3 is 19.6 Å². The van der Waals surface area contributed by atoms with Crippen LogP contribution < -0.4 is 25.1 Å². The second kappa shape index (κ2) is 9.49. The van der Waals surface area contributed by atoms with Crippen molar-refractivity contribution in [1.82, 2.24) is 9.97 Å². The minimum absolute atomic E-state index is 0.520. The molecule has 0 aliphatic carbocycles. The van der Waals surface area contributed by atoms with Crippen molar-refractivity contribution in [1.29, 1.82) is 0 Å². The summed E-state index contributed by atoms with van der Waals surface area (Å²) < 4.78 is 17.0. The molecule has 7 nitrogen and oxygen atoms in total. The lowest BCUT2D eigenvalue weighted by Crippen LogP contribution is -2.10. The molecular weight excluding hydrogens is 392 g/mol. The van der Waals surface area contributed by atoms with Crippen LogP contribution in [0, 0.1) is 6.92 Å². The molecule has 2 heterocycles. The van der Waals surface area contributed by atoms with Gasteiger partial charge in [0.15, 0.2) is 0 Å². The molecule has 0 saturated heterocycles. The van der Waals surface area contributed by atoms with Crippen molar-refractivity contribution in [3.05, 3.63) is 90.8 Å². The Hall–Kier alpha value is -4.26. The fourth-order valence-corrected chi connectivity index (χ4v) is 2.87. The van der Waals surface area contributed by atoms with E-state index in [1.54, 1.807) is 31.6 Å². The fraction of sp³-hybridized carbons (Fsp3) is 0.0833. The van der Waals surface area contributed by atoms with Crippen LogP contribution in [0.25, 0.3) is 0 Å². The Balaban J connectivity index is 1.42. The van der Waals surface area contributed by atoms with E-state index in [9.17, 15) is 0 Å².